The van der Waals surface area contributed by atoms with Crippen molar-refractivity contribution in [3.63, 3.8) is 0 Å². The van der Waals surface area contributed by atoms with E-state index in [1.165, 1.54) is 18.5 Å². The van der Waals surface area contributed by atoms with Crippen LogP contribution in [0.1, 0.15) is 18.2 Å². The quantitative estimate of drug-likeness (QED) is 0.513. The van der Waals surface area contributed by atoms with E-state index in [0.29, 0.717) is 28.6 Å². The molecular weight excluding hydrogens is 429 g/mol. The molecule has 1 N–H and O–H groups in total. The summed E-state index contributed by atoms with van der Waals surface area (Å²) in [5, 5.41) is 8.95. The number of aromatic nitrogens is 4. The van der Waals surface area contributed by atoms with Crippen molar-refractivity contribution in [2.24, 2.45) is 0 Å². The molecule has 9 heteroatoms. The molecule has 0 radical (unpaired) electrons. The number of benzene rings is 1. The molecular formula is C23H20FN5O2S. The van der Waals surface area contributed by atoms with Gasteiger partial charge in [0.15, 0.2) is 0 Å². The molecule has 0 amide bonds. The first kappa shape index (κ1) is 19.5. The second-order valence-corrected chi connectivity index (χ2v) is 9.60. The van der Waals surface area contributed by atoms with Crippen molar-refractivity contribution in [3.8, 4) is 22.5 Å². The van der Waals surface area contributed by atoms with Gasteiger partial charge in [0.05, 0.1) is 17.1 Å². The van der Waals surface area contributed by atoms with Gasteiger partial charge >= 0.3 is 0 Å². The number of hydrogen-bond donors (Lipinski definition) is 1. The van der Waals surface area contributed by atoms with Crippen LogP contribution in [-0.4, -0.2) is 48.6 Å². The minimum absolute atomic E-state index is 0.0829. The molecule has 6 rings (SSSR count). The zero-order valence-corrected chi connectivity index (χ0v) is 17.9. The van der Waals surface area contributed by atoms with Gasteiger partial charge in [-0.2, -0.15) is 5.10 Å². The van der Waals surface area contributed by atoms with Gasteiger partial charge in [-0.05, 0) is 43.3 Å². The third-order valence-corrected chi connectivity index (χ3v) is 7.42. The molecule has 2 aliphatic rings. The maximum absolute atomic E-state index is 13.6. The fraction of sp³-hybridized carbons (Fsp3) is 0.261. The number of nitrogens with one attached hydrogen (secondary N) is 1. The summed E-state index contributed by atoms with van der Waals surface area (Å²) in [5.41, 5.74) is 4.62. The zero-order valence-electron chi connectivity index (χ0n) is 17.1. The first-order valence-corrected chi connectivity index (χ1v) is 12.0. The SMILES string of the molecule is O=S1CC(n2cc(-c3ncnc4oc(C5=CCCNC5)cc34)c(-c3ccc(F)cc3)n2)C1. The van der Waals surface area contributed by atoms with Crippen molar-refractivity contribution < 1.29 is 13.0 Å². The molecule has 0 atom stereocenters. The van der Waals surface area contributed by atoms with Gasteiger partial charge in [-0.25, -0.2) is 14.4 Å². The van der Waals surface area contributed by atoms with E-state index in [9.17, 15) is 8.60 Å². The van der Waals surface area contributed by atoms with E-state index in [1.807, 2.05) is 16.9 Å². The van der Waals surface area contributed by atoms with E-state index in [-0.39, 0.29) is 11.9 Å². The van der Waals surface area contributed by atoms with Crippen molar-refractivity contribution in [1.82, 2.24) is 25.1 Å². The predicted octanol–water partition coefficient (Wildman–Crippen LogP) is 3.57. The lowest BCUT2D eigenvalue weighted by atomic mass is 10.0. The summed E-state index contributed by atoms with van der Waals surface area (Å²) in [6.45, 7) is 1.71. The van der Waals surface area contributed by atoms with Crippen LogP contribution >= 0.6 is 0 Å². The van der Waals surface area contributed by atoms with Gasteiger partial charge in [-0.1, -0.05) is 6.08 Å². The average Bonchev–Trinajstić information content (AvgIpc) is 3.43. The molecule has 0 aliphatic carbocycles. The molecule has 0 bridgehead atoms. The predicted molar refractivity (Wildman–Crippen MR) is 121 cm³/mol. The smallest absolute Gasteiger partial charge is 0.230 e. The second kappa shape index (κ2) is 7.75. The Balaban J connectivity index is 1.51. The summed E-state index contributed by atoms with van der Waals surface area (Å²) >= 11 is 0. The van der Waals surface area contributed by atoms with Crippen molar-refractivity contribution in [3.05, 3.63) is 60.5 Å². The van der Waals surface area contributed by atoms with Crippen LogP contribution in [-0.2, 0) is 10.8 Å². The van der Waals surface area contributed by atoms with Gasteiger partial charge in [-0.3, -0.25) is 8.89 Å². The summed E-state index contributed by atoms with van der Waals surface area (Å²) in [7, 11) is -0.797. The Labute approximate surface area is 185 Å². The van der Waals surface area contributed by atoms with Crippen LogP contribution in [0.3, 0.4) is 0 Å². The van der Waals surface area contributed by atoms with Crippen molar-refractivity contribution >= 4 is 27.5 Å². The largest absolute Gasteiger partial charge is 0.438 e. The van der Waals surface area contributed by atoms with Gasteiger partial charge in [0.25, 0.3) is 0 Å². The highest BCUT2D eigenvalue weighted by atomic mass is 32.2. The Morgan fingerprint density at radius 1 is 1.16 bits per heavy atom. The van der Waals surface area contributed by atoms with Crippen molar-refractivity contribution in [1.29, 1.82) is 0 Å². The molecule has 1 fully saturated rings. The van der Waals surface area contributed by atoms with E-state index < -0.39 is 10.8 Å². The standard InChI is InChI=1S/C23H20FN5O2S/c24-16-5-3-14(4-6-16)21-19(10-29(28-21)17-11-32(30)12-17)22-18-8-20(15-2-1-7-25-9-15)31-23(18)27-13-26-22/h2-6,8,10,13,17,25H,1,7,9,11-12H2. The number of halogens is 1. The summed E-state index contributed by atoms with van der Waals surface area (Å²) < 4.78 is 33.1. The van der Waals surface area contributed by atoms with Crippen molar-refractivity contribution in [2.45, 2.75) is 12.5 Å². The fourth-order valence-corrected chi connectivity index (χ4v) is 5.23. The summed E-state index contributed by atoms with van der Waals surface area (Å²) in [5.74, 6) is 1.64. The Kier molecular flexibility index (Phi) is 4.73. The van der Waals surface area contributed by atoms with Crippen LogP contribution < -0.4 is 5.32 Å². The van der Waals surface area contributed by atoms with Crippen molar-refractivity contribution in [2.75, 3.05) is 24.6 Å². The molecule has 32 heavy (non-hydrogen) atoms. The molecule has 4 aromatic rings. The maximum Gasteiger partial charge on any atom is 0.230 e. The van der Waals surface area contributed by atoms with Crippen LogP contribution in [0, 0.1) is 5.82 Å². The van der Waals surface area contributed by atoms with Gasteiger partial charge in [0, 0.05) is 51.7 Å². The minimum Gasteiger partial charge on any atom is -0.438 e. The van der Waals surface area contributed by atoms with E-state index in [1.54, 1.807) is 12.1 Å². The molecule has 2 aliphatic heterocycles. The monoisotopic (exact) mass is 449 g/mol. The third kappa shape index (κ3) is 3.37. The summed E-state index contributed by atoms with van der Waals surface area (Å²) in [4.78, 5) is 8.91. The lowest BCUT2D eigenvalue weighted by Gasteiger charge is -2.24. The number of rotatable bonds is 4. The van der Waals surface area contributed by atoms with Gasteiger partial charge < -0.3 is 9.73 Å². The Morgan fingerprint density at radius 2 is 2.00 bits per heavy atom. The van der Waals surface area contributed by atoms with Crippen LogP contribution in [0.2, 0.25) is 0 Å². The Hall–Kier alpha value is -3.17. The van der Waals surface area contributed by atoms with E-state index in [2.05, 4.69) is 21.4 Å². The number of furan rings is 1. The number of nitrogens with zero attached hydrogens (tertiary/aromatic N) is 4. The first-order valence-electron chi connectivity index (χ1n) is 10.5. The molecule has 0 saturated carbocycles. The van der Waals surface area contributed by atoms with Gasteiger partial charge in [0.1, 0.15) is 23.6 Å². The zero-order chi connectivity index (χ0) is 21.7. The molecule has 1 saturated heterocycles. The number of hydrogen-bond acceptors (Lipinski definition) is 6. The normalized spacial score (nSPS) is 20.8. The third-order valence-electron chi connectivity index (χ3n) is 5.91. The minimum atomic E-state index is -0.797. The summed E-state index contributed by atoms with van der Waals surface area (Å²) in [6.07, 6.45) is 6.56. The van der Waals surface area contributed by atoms with Crippen LogP contribution in [0.15, 0.2) is 53.3 Å². The summed E-state index contributed by atoms with van der Waals surface area (Å²) in [6, 6.07) is 8.33. The topological polar surface area (TPSA) is 85.8 Å². The van der Waals surface area contributed by atoms with E-state index >= 15 is 0 Å². The van der Waals surface area contributed by atoms with E-state index in [4.69, 9.17) is 9.52 Å². The van der Waals surface area contributed by atoms with E-state index in [0.717, 1.165) is 47.4 Å². The molecule has 0 spiro atoms. The van der Waals surface area contributed by atoms with Crippen LogP contribution in [0.25, 0.3) is 39.2 Å². The second-order valence-electron chi connectivity index (χ2n) is 8.05. The highest BCUT2D eigenvalue weighted by molar-refractivity contribution is 7.86. The van der Waals surface area contributed by atoms with Gasteiger partial charge in [0.2, 0.25) is 5.71 Å². The molecule has 1 aromatic carbocycles. The van der Waals surface area contributed by atoms with Crippen LogP contribution in [0.5, 0.6) is 0 Å². The first-order chi connectivity index (χ1) is 15.7. The lowest BCUT2D eigenvalue weighted by molar-refractivity contribution is 0.507. The highest BCUT2D eigenvalue weighted by Gasteiger charge is 2.30. The van der Waals surface area contributed by atoms with Crippen LogP contribution in [0.4, 0.5) is 4.39 Å². The molecule has 0 unspecified atom stereocenters. The molecule has 7 nitrogen and oxygen atoms in total. The maximum atomic E-state index is 13.6. The fourth-order valence-electron chi connectivity index (χ4n) is 4.17. The molecule has 3 aromatic heterocycles. The van der Waals surface area contributed by atoms with Gasteiger partial charge in [-0.15, -0.1) is 0 Å². The lowest BCUT2D eigenvalue weighted by Crippen LogP contribution is -2.33. The Morgan fingerprint density at radius 3 is 2.75 bits per heavy atom. The molecule has 5 heterocycles. The highest BCUT2D eigenvalue weighted by Crippen LogP contribution is 2.37. The Bertz CT molecular complexity index is 1370. The average molecular weight is 450 g/mol. The molecule has 162 valence electrons. The number of fused-ring (bicyclic) bond motifs is 1.